The average molecular weight is 247 g/mol. The molecule has 0 bridgehead atoms. The van der Waals surface area contributed by atoms with Gasteiger partial charge in [-0.05, 0) is 29.8 Å². The van der Waals surface area contributed by atoms with E-state index in [4.69, 9.17) is 9.84 Å². The van der Waals surface area contributed by atoms with Crippen molar-refractivity contribution in [2.24, 2.45) is 0 Å². The third-order valence-electron chi connectivity index (χ3n) is 2.30. The standard InChI is InChI=1S/C13H10FNO3/c14-12-6-9(3-4-11(12)13(16)17)8-18-10-2-1-5-15-7-10/h1-7H,8H2,(H,16,17). The highest BCUT2D eigenvalue weighted by Crippen LogP contribution is 2.14. The van der Waals surface area contributed by atoms with Crippen LogP contribution in [0.4, 0.5) is 4.39 Å². The largest absolute Gasteiger partial charge is 0.487 e. The molecular formula is C13H10FNO3. The molecule has 1 N–H and O–H groups in total. The minimum Gasteiger partial charge on any atom is -0.487 e. The fraction of sp³-hybridized carbons (Fsp3) is 0.0769. The van der Waals surface area contributed by atoms with Gasteiger partial charge in [0.25, 0.3) is 0 Å². The van der Waals surface area contributed by atoms with Crippen LogP contribution in [0.25, 0.3) is 0 Å². The average Bonchev–Trinajstić information content (AvgIpc) is 2.37. The first-order valence-corrected chi connectivity index (χ1v) is 5.21. The summed E-state index contributed by atoms with van der Waals surface area (Å²) in [7, 11) is 0. The molecule has 1 heterocycles. The summed E-state index contributed by atoms with van der Waals surface area (Å²) in [6.45, 7) is 0.155. The summed E-state index contributed by atoms with van der Waals surface area (Å²) in [5.41, 5.74) is 0.210. The van der Waals surface area contributed by atoms with Gasteiger partial charge in [-0.15, -0.1) is 0 Å². The second-order valence-electron chi connectivity index (χ2n) is 3.60. The highest BCUT2D eigenvalue weighted by molar-refractivity contribution is 5.87. The van der Waals surface area contributed by atoms with Gasteiger partial charge in [0, 0.05) is 6.20 Å². The molecule has 0 radical (unpaired) electrons. The molecule has 1 aromatic heterocycles. The van der Waals surface area contributed by atoms with Gasteiger partial charge in [-0.25, -0.2) is 9.18 Å². The summed E-state index contributed by atoms with van der Waals surface area (Å²) in [6, 6.07) is 7.35. The van der Waals surface area contributed by atoms with E-state index in [-0.39, 0.29) is 12.2 Å². The molecule has 0 amide bonds. The number of hydrogen-bond acceptors (Lipinski definition) is 3. The highest BCUT2D eigenvalue weighted by atomic mass is 19.1. The Kier molecular flexibility index (Phi) is 3.52. The SMILES string of the molecule is O=C(O)c1ccc(COc2cccnc2)cc1F. The van der Waals surface area contributed by atoms with Gasteiger partial charge in [0.05, 0.1) is 11.8 Å². The van der Waals surface area contributed by atoms with Gasteiger partial charge >= 0.3 is 5.97 Å². The molecule has 92 valence electrons. The van der Waals surface area contributed by atoms with Crippen LogP contribution in [-0.2, 0) is 6.61 Å². The quantitative estimate of drug-likeness (QED) is 0.901. The van der Waals surface area contributed by atoms with Gasteiger partial charge in [0.15, 0.2) is 0 Å². The zero-order chi connectivity index (χ0) is 13.0. The van der Waals surface area contributed by atoms with Crippen molar-refractivity contribution in [1.29, 1.82) is 0 Å². The maximum absolute atomic E-state index is 13.4. The summed E-state index contributed by atoms with van der Waals surface area (Å²) in [4.78, 5) is 14.5. The van der Waals surface area contributed by atoms with E-state index in [2.05, 4.69) is 4.98 Å². The lowest BCUT2D eigenvalue weighted by Gasteiger charge is -2.06. The maximum atomic E-state index is 13.4. The van der Waals surface area contributed by atoms with E-state index < -0.39 is 11.8 Å². The van der Waals surface area contributed by atoms with Crippen molar-refractivity contribution in [3.8, 4) is 5.75 Å². The second kappa shape index (κ2) is 5.27. The van der Waals surface area contributed by atoms with Crippen molar-refractivity contribution >= 4 is 5.97 Å². The molecule has 0 saturated carbocycles. The van der Waals surface area contributed by atoms with Crippen LogP contribution in [0.5, 0.6) is 5.75 Å². The Hall–Kier alpha value is -2.43. The molecule has 0 aliphatic carbocycles. The van der Waals surface area contributed by atoms with Crippen LogP contribution >= 0.6 is 0 Å². The molecule has 0 atom stereocenters. The molecule has 0 aliphatic heterocycles. The third-order valence-corrected chi connectivity index (χ3v) is 2.30. The first kappa shape index (κ1) is 12.0. The number of pyridine rings is 1. The molecule has 18 heavy (non-hydrogen) atoms. The number of halogens is 1. The summed E-state index contributed by atoms with van der Waals surface area (Å²) in [6.07, 6.45) is 3.16. The number of ether oxygens (including phenoxy) is 1. The van der Waals surface area contributed by atoms with E-state index in [1.165, 1.54) is 12.1 Å². The molecule has 0 unspecified atom stereocenters. The first-order chi connectivity index (χ1) is 8.66. The summed E-state index contributed by atoms with van der Waals surface area (Å²) in [5, 5.41) is 8.68. The molecule has 2 rings (SSSR count). The van der Waals surface area contributed by atoms with E-state index in [1.807, 2.05) is 0 Å². The number of carboxylic acid groups (broad SMARTS) is 1. The number of nitrogens with zero attached hydrogens (tertiary/aromatic N) is 1. The van der Waals surface area contributed by atoms with Gasteiger partial charge in [-0.3, -0.25) is 4.98 Å². The van der Waals surface area contributed by atoms with E-state index in [9.17, 15) is 9.18 Å². The third kappa shape index (κ3) is 2.82. The van der Waals surface area contributed by atoms with Crippen LogP contribution in [0.2, 0.25) is 0 Å². The van der Waals surface area contributed by atoms with Crippen molar-refractivity contribution in [2.45, 2.75) is 6.61 Å². The number of hydrogen-bond donors (Lipinski definition) is 1. The van der Waals surface area contributed by atoms with Crippen LogP contribution in [0.1, 0.15) is 15.9 Å². The zero-order valence-electron chi connectivity index (χ0n) is 9.34. The van der Waals surface area contributed by atoms with Gasteiger partial charge in [0.1, 0.15) is 18.2 Å². The molecule has 5 heteroatoms. The normalized spacial score (nSPS) is 10.1. The Morgan fingerprint density at radius 2 is 2.22 bits per heavy atom. The molecule has 2 aromatic rings. The van der Waals surface area contributed by atoms with Gasteiger partial charge in [-0.1, -0.05) is 6.07 Å². The maximum Gasteiger partial charge on any atom is 0.338 e. The van der Waals surface area contributed by atoms with Crippen molar-refractivity contribution in [1.82, 2.24) is 4.98 Å². The fourth-order valence-electron chi connectivity index (χ4n) is 1.42. The van der Waals surface area contributed by atoms with Gasteiger partial charge in [-0.2, -0.15) is 0 Å². The van der Waals surface area contributed by atoms with Crippen LogP contribution < -0.4 is 4.74 Å². The number of aromatic nitrogens is 1. The lowest BCUT2D eigenvalue weighted by Crippen LogP contribution is -2.02. The number of carbonyl (C=O) groups is 1. The predicted octanol–water partition coefficient (Wildman–Crippen LogP) is 2.50. The Balaban J connectivity index is 2.07. The topological polar surface area (TPSA) is 59.4 Å². The number of benzene rings is 1. The minimum absolute atomic E-state index is 0.155. The monoisotopic (exact) mass is 247 g/mol. The summed E-state index contributed by atoms with van der Waals surface area (Å²) < 4.78 is 18.7. The zero-order valence-corrected chi connectivity index (χ0v) is 9.34. The fourth-order valence-corrected chi connectivity index (χ4v) is 1.42. The van der Waals surface area contributed by atoms with Crippen LogP contribution in [0.15, 0.2) is 42.7 Å². The Bertz CT molecular complexity index is 557. The van der Waals surface area contributed by atoms with Crippen LogP contribution in [0, 0.1) is 5.82 Å². The van der Waals surface area contributed by atoms with Crippen LogP contribution in [0.3, 0.4) is 0 Å². The number of carboxylic acids is 1. The minimum atomic E-state index is -1.28. The molecule has 1 aromatic carbocycles. The number of rotatable bonds is 4. The Labute approximate surface area is 103 Å². The molecule has 0 spiro atoms. The van der Waals surface area contributed by atoms with Crippen molar-refractivity contribution in [3.63, 3.8) is 0 Å². The second-order valence-corrected chi connectivity index (χ2v) is 3.60. The summed E-state index contributed by atoms with van der Waals surface area (Å²) in [5.74, 6) is -1.48. The first-order valence-electron chi connectivity index (χ1n) is 5.21. The van der Waals surface area contributed by atoms with E-state index in [0.29, 0.717) is 11.3 Å². The summed E-state index contributed by atoms with van der Waals surface area (Å²) >= 11 is 0. The van der Waals surface area contributed by atoms with Gasteiger partial charge in [0.2, 0.25) is 0 Å². The van der Waals surface area contributed by atoms with E-state index >= 15 is 0 Å². The van der Waals surface area contributed by atoms with E-state index in [1.54, 1.807) is 24.5 Å². The van der Waals surface area contributed by atoms with Crippen molar-refractivity contribution in [3.05, 3.63) is 59.7 Å². The Morgan fingerprint density at radius 3 is 2.83 bits per heavy atom. The lowest BCUT2D eigenvalue weighted by atomic mass is 10.1. The van der Waals surface area contributed by atoms with E-state index in [0.717, 1.165) is 6.07 Å². The number of aromatic carboxylic acids is 1. The van der Waals surface area contributed by atoms with Gasteiger partial charge < -0.3 is 9.84 Å². The Morgan fingerprint density at radius 1 is 1.39 bits per heavy atom. The molecule has 0 saturated heterocycles. The predicted molar refractivity (Wildman–Crippen MR) is 61.9 cm³/mol. The molecule has 0 fully saturated rings. The van der Waals surface area contributed by atoms with Crippen molar-refractivity contribution < 1.29 is 19.0 Å². The molecule has 4 nitrogen and oxygen atoms in total. The smallest absolute Gasteiger partial charge is 0.338 e. The van der Waals surface area contributed by atoms with Crippen LogP contribution in [-0.4, -0.2) is 16.1 Å². The van der Waals surface area contributed by atoms with Crippen molar-refractivity contribution in [2.75, 3.05) is 0 Å². The highest BCUT2D eigenvalue weighted by Gasteiger charge is 2.10. The molecule has 0 aliphatic rings. The molecular weight excluding hydrogens is 237 g/mol. The lowest BCUT2D eigenvalue weighted by molar-refractivity contribution is 0.0692.